The van der Waals surface area contributed by atoms with Crippen LogP contribution in [-0.4, -0.2) is 35.0 Å². The maximum absolute atomic E-state index is 11.3. The van der Waals surface area contributed by atoms with E-state index in [2.05, 4.69) is 5.32 Å². The summed E-state index contributed by atoms with van der Waals surface area (Å²) in [6, 6.07) is -1.83. The summed E-state index contributed by atoms with van der Waals surface area (Å²) in [7, 11) is 0. The number of aliphatic carboxylic acids is 1. The average Bonchev–Trinajstić information content (AvgIpc) is 2.21. The van der Waals surface area contributed by atoms with Crippen LogP contribution in [0.25, 0.3) is 0 Å². The Morgan fingerprint density at radius 3 is 2.53 bits per heavy atom. The lowest BCUT2D eigenvalue weighted by molar-refractivity contribution is -0.137. The van der Waals surface area contributed by atoms with Crippen molar-refractivity contribution in [2.24, 2.45) is 11.5 Å². The minimum absolute atomic E-state index is 0.0683. The number of primary amides is 1. The zero-order valence-electron chi connectivity index (χ0n) is 9.32. The van der Waals surface area contributed by atoms with Gasteiger partial charge in [-0.3, -0.25) is 14.4 Å². The van der Waals surface area contributed by atoms with Crippen molar-refractivity contribution in [2.75, 3.05) is 0 Å². The van der Waals surface area contributed by atoms with Gasteiger partial charge in [-0.05, 0) is 13.3 Å². The first-order valence-electron chi connectivity index (χ1n) is 4.87. The summed E-state index contributed by atoms with van der Waals surface area (Å²) < 4.78 is 6.74. The molecule has 2 amide bonds. The Kier molecular flexibility index (Phi) is 4.55. The molecule has 0 aliphatic carbocycles. The number of nitrogens with two attached hydrogens (primary N) is 2. The second kappa shape index (κ2) is 5.97. The van der Waals surface area contributed by atoms with E-state index in [1.54, 1.807) is 0 Å². The van der Waals surface area contributed by atoms with Crippen LogP contribution in [0, 0.1) is 0 Å². The molecule has 7 nitrogen and oxygen atoms in total. The van der Waals surface area contributed by atoms with Gasteiger partial charge in [0, 0.05) is 6.42 Å². The van der Waals surface area contributed by atoms with Gasteiger partial charge in [-0.15, -0.1) is 0 Å². The van der Waals surface area contributed by atoms with Crippen molar-refractivity contribution in [1.82, 2.24) is 5.32 Å². The zero-order chi connectivity index (χ0) is 12.7. The fourth-order valence-corrected chi connectivity index (χ4v) is 0.850. The van der Waals surface area contributed by atoms with E-state index in [1.165, 1.54) is 6.92 Å². The van der Waals surface area contributed by atoms with Crippen molar-refractivity contribution in [3.8, 4) is 0 Å². The third kappa shape index (κ3) is 5.63. The SMILES string of the molecule is [2H]N[C@@H](C)C(=O)N[C@@H](CCC(=O)O)C(N)=O. The first-order valence-corrected chi connectivity index (χ1v) is 4.37. The highest BCUT2D eigenvalue weighted by atomic mass is 16.4. The molecule has 0 aliphatic heterocycles. The molecular formula is C8H15N3O4. The van der Waals surface area contributed by atoms with Gasteiger partial charge < -0.3 is 21.9 Å². The molecule has 15 heavy (non-hydrogen) atoms. The minimum atomic E-state index is -1.08. The topological polar surface area (TPSA) is 136 Å². The van der Waals surface area contributed by atoms with Crippen LogP contribution in [0.15, 0.2) is 0 Å². The number of hydrogen-bond donors (Lipinski definition) is 4. The van der Waals surface area contributed by atoms with Crippen LogP contribution < -0.4 is 16.8 Å². The summed E-state index contributed by atoms with van der Waals surface area (Å²) in [5.41, 5.74) is 6.94. The monoisotopic (exact) mass is 218 g/mol. The summed E-state index contributed by atoms with van der Waals surface area (Å²) in [6.07, 6.45) is -0.336. The molecule has 7 heteroatoms. The number of hydrogen-bond acceptors (Lipinski definition) is 4. The Balaban J connectivity index is 4.28. The van der Waals surface area contributed by atoms with Gasteiger partial charge in [0.2, 0.25) is 11.8 Å². The maximum Gasteiger partial charge on any atom is 0.303 e. The molecule has 0 bridgehead atoms. The number of amides is 2. The van der Waals surface area contributed by atoms with Crippen molar-refractivity contribution in [2.45, 2.75) is 31.8 Å². The third-order valence-corrected chi connectivity index (χ3v) is 1.70. The molecule has 0 saturated carbocycles. The van der Waals surface area contributed by atoms with Gasteiger partial charge >= 0.3 is 5.97 Å². The lowest BCUT2D eigenvalue weighted by atomic mass is 10.1. The maximum atomic E-state index is 11.3. The summed E-state index contributed by atoms with van der Waals surface area (Å²) in [4.78, 5) is 32.5. The third-order valence-electron chi connectivity index (χ3n) is 1.70. The Hall–Kier alpha value is -1.63. The largest absolute Gasteiger partial charge is 0.481 e. The van der Waals surface area contributed by atoms with Crippen LogP contribution in [0.4, 0.5) is 0 Å². The lowest BCUT2D eigenvalue weighted by Gasteiger charge is -2.15. The first-order chi connectivity index (χ1) is 7.38. The number of carboxylic acid groups (broad SMARTS) is 1. The molecule has 86 valence electrons. The van der Waals surface area contributed by atoms with Gasteiger partial charge in [0.05, 0.1) is 6.04 Å². The molecule has 0 saturated heterocycles. The molecule has 0 aromatic heterocycles. The van der Waals surface area contributed by atoms with Gasteiger partial charge in [0.15, 0.2) is 0 Å². The zero-order valence-corrected chi connectivity index (χ0v) is 8.32. The predicted molar refractivity (Wildman–Crippen MR) is 51.6 cm³/mol. The molecule has 0 rings (SSSR count). The van der Waals surface area contributed by atoms with Gasteiger partial charge in [-0.1, -0.05) is 0 Å². The molecule has 0 spiro atoms. The summed E-state index contributed by atoms with van der Waals surface area (Å²) in [6.45, 7) is 1.43. The van der Waals surface area contributed by atoms with E-state index < -0.39 is 29.9 Å². The predicted octanol–water partition coefficient (Wildman–Crippen LogP) is -1.83. The number of carboxylic acids is 1. The number of nitrogens with one attached hydrogen (secondary N) is 1. The van der Waals surface area contributed by atoms with Crippen LogP contribution in [-0.2, 0) is 14.4 Å². The molecule has 6 N–H and O–H groups in total. The van der Waals surface area contributed by atoms with Gasteiger partial charge in [-0.2, -0.15) is 0 Å². The van der Waals surface area contributed by atoms with Crippen molar-refractivity contribution in [3.63, 3.8) is 0 Å². The summed E-state index contributed by atoms with van der Waals surface area (Å²) >= 11 is 0. The van der Waals surface area contributed by atoms with Crippen molar-refractivity contribution >= 4 is 17.8 Å². The number of rotatable bonds is 7. The Labute approximate surface area is 88.3 Å². The standard InChI is InChI=1S/C8H15N3O4/c1-4(9)8(15)11-5(7(10)14)2-3-6(12)13/h4-5H,2-3,9H2,1H3,(H2,10,14)(H,11,15)(H,12,13)/t4-,5-/m0/s1/i/hD. The molecule has 2 atom stereocenters. The van der Waals surface area contributed by atoms with E-state index in [4.69, 9.17) is 12.3 Å². The highest BCUT2D eigenvalue weighted by Crippen LogP contribution is 1.97. The van der Waals surface area contributed by atoms with Crippen molar-refractivity contribution in [1.29, 1.82) is 0 Å². The van der Waals surface area contributed by atoms with E-state index in [-0.39, 0.29) is 12.8 Å². The molecule has 0 aliphatic rings. The summed E-state index contributed by atoms with van der Waals surface area (Å²) in [5, 5.41) is 10.7. The molecule has 0 fully saturated rings. The second-order valence-electron chi connectivity index (χ2n) is 3.12. The van der Waals surface area contributed by atoms with Crippen molar-refractivity contribution in [3.05, 3.63) is 0 Å². The van der Waals surface area contributed by atoms with Crippen LogP contribution in [0.3, 0.4) is 0 Å². The average molecular weight is 218 g/mol. The van der Waals surface area contributed by atoms with Crippen LogP contribution in [0.1, 0.15) is 19.8 Å². The quantitative estimate of drug-likeness (QED) is 0.398. The van der Waals surface area contributed by atoms with E-state index in [0.29, 0.717) is 0 Å². The fourth-order valence-electron chi connectivity index (χ4n) is 0.850. The Morgan fingerprint density at radius 1 is 1.53 bits per heavy atom. The number of carbonyl (C=O) groups is 3. The minimum Gasteiger partial charge on any atom is -0.481 e. The van der Waals surface area contributed by atoms with E-state index in [9.17, 15) is 14.4 Å². The van der Waals surface area contributed by atoms with E-state index >= 15 is 0 Å². The Bertz CT molecular complexity index is 284. The molecular weight excluding hydrogens is 202 g/mol. The first kappa shape index (κ1) is 11.4. The molecule has 0 heterocycles. The van der Waals surface area contributed by atoms with Gasteiger partial charge in [-0.25, -0.2) is 0 Å². The van der Waals surface area contributed by atoms with E-state index in [0.717, 1.165) is 0 Å². The van der Waals surface area contributed by atoms with Crippen LogP contribution in [0.5, 0.6) is 0 Å². The fraction of sp³-hybridized carbons (Fsp3) is 0.625. The number of carbonyl (C=O) groups excluding carboxylic acids is 2. The van der Waals surface area contributed by atoms with Crippen LogP contribution >= 0.6 is 0 Å². The molecule has 0 unspecified atom stereocenters. The van der Waals surface area contributed by atoms with Crippen LogP contribution in [0.2, 0.25) is 1.41 Å². The highest BCUT2D eigenvalue weighted by Gasteiger charge is 2.20. The van der Waals surface area contributed by atoms with Gasteiger partial charge in [0.25, 0.3) is 0 Å². The van der Waals surface area contributed by atoms with E-state index in [1.807, 2.05) is 5.73 Å². The lowest BCUT2D eigenvalue weighted by Crippen LogP contribution is -2.49. The Morgan fingerprint density at radius 2 is 2.13 bits per heavy atom. The second-order valence-corrected chi connectivity index (χ2v) is 3.12. The highest BCUT2D eigenvalue weighted by molar-refractivity contribution is 5.88. The molecule has 0 aromatic carbocycles. The smallest absolute Gasteiger partial charge is 0.303 e. The molecule has 0 aromatic rings. The normalized spacial score (nSPS) is 14.9. The van der Waals surface area contributed by atoms with Crippen molar-refractivity contribution < 1.29 is 20.9 Å². The van der Waals surface area contributed by atoms with Gasteiger partial charge in [0.1, 0.15) is 7.45 Å². The summed E-state index contributed by atoms with van der Waals surface area (Å²) in [5.74, 6) is -2.46. The molecule has 0 radical (unpaired) electrons.